The van der Waals surface area contributed by atoms with Gasteiger partial charge in [0.05, 0.1) is 11.3 Å². The number of nitrogens with one attached hydrogen (secondary N) is 2. The Morgan fingerprint density at radius 2 is 1.94 bits per heavy atom. The molecule has 1 aromatic carbocycles. The van der Waals surface area contributed by atoms with Crippen LogP contribution in [-0.4, -0.2) is 36.7 Å². The van der Waals surface area contributed by atoms with Gasteiger partial charge in [0.15, 0.2) is 17.0 Å². The van der Waals surface area contributed by atoms with E-state index in [0.29, 0.717) is 41.0 Å². The largest absolute Gasteiger partial charge is 0.506 e. The number of phenolic OH excluding ortho intramolecular Hbond substituents is 1. The van der Waals surface area contributed by atoms with Gasteiger partial charge in [0, 0.05) is 30.2 Å². The highest BCUT2D eigenvalue weighted by atomic mass is 35.5. The molecule has 0 radical (unpaired) electrons. The molecule has 0 atom stereocenters. The first kappa shape index (κ1) is 22.6. The summed E-state index contributed by atoms with van der Waals surface area (Å²) in [5, 5.41) is 17.5. The van der Waals surface area contributed by atoms with Gasteiger partial charge in [-0.1, -0.05) is 37.6 Å². The zero-order valence-corrected chi connectivity index (χ0v) is 19.4. The second-order valence-corrected chi connectivity index (χ2v) is 8.95. The van der Waals surface area contributed by atoms with Crippen LogP contribution in [0.1, 0.15) is 64.0 Å². The molecule has 8 nitrogen and oxygen atoms in total. The van der Waals surface area contributed by atoms with E-state index in [-0.39, 0.29) is 11.8 Å². The van der Waals surface area contributed by atoms with Crippen LogP contribution in [0.15, 0.2) is 24.5 Å². The molecular formula is C23H32ClN7O. The highest BCUT2D eigenvalue weighted by Gasteiger charge is 2.22. The maximum Gasteiger partial charge on any atom is 0.227 e. The van der Waals surface area contributed by atoms with Crippen molar-refractivity contribution in [1.29, 1.82) is 0 Å². The van der Waals surface area contributed by atoms with Crippen LogP contribution < -0.4 is 16.4 Å². The van der Waals surface area contributed by atoms with E-state index in [1.807, 2.05) is 18.5 Å². The van der Waals surface area contributed by atoms with Crippen LogP contribution in [0.2, 0.25) is 5.02 Å². The summed E-state index contributed by atoms with van der Waals surface area (Å²) in [6, 6.07) is 6.23. The van der Waals surface area contributed by atoms with Gasteiger partial charge in [-0.2, -0.15) is 9.97 Å². The molecule has 32 heavy (non-hydrogen) atoms. The lowest BCUT2D eigenvalue weighted by molar-refractivity contribution is 0.410. The maximum atomic E-state index is 10.3. The number of benzene rings is 1. The molecule has 4 rings (SSSR count). The number of hydrogen-bond donors (Lipinski definition) is 4. The van der Waals surface area contributed by atoms with E-state index in [1.54, 1.807) is 6.07 Å². The fraction of sp³-hybridized carbons (Fsp3) is 0.522. The summed E-state index contributed by atoms with van der Waals surface area (Å²) in [6.45, 7) is 4.72. The van der Waals surface area contributed by atoms with Crippen LogP contribution in [0.5, 0.6) is 5.75 Å². The van der Waals surface area contributed by atoms with Crippen molar-refractivity contribution in [2.45, 2.75) is 77.0 Å². The quantitative estimate of drug-likeness (QED) is 0.382. The molecule has 1 aliphatic carbocycles. The molecule has 0 bridgehead atoms. The molecule has 0 aliphatic heterocycles. The number of para-hydroxylation sites is 1. The molecule has 1 saturated carbocycles. The average molecular weight is 458 g/mol. The Morgan fingerprint density at radius 3 is 2.66 bits per heavy atom. The number of nitrogens with zero attached hydrogens (tertiary/aromatic N) is 4. The van der Waals surface area contributed by atoms with Gasteiger partial charge in [-0.3, -0.25) is 0 Å². The van der Waals surface area contributed by atoms with E-state index in [2.05, 4.69) is 34.0 Å². The van der Waals surface area contributed by atoms with Crippen molar-refractivity contribution in [2.75, 3.05) is 10.6 Å². The Kier molecular flexibility index (Phi) is 7.01. The fourth-order valence-corrected chi connectivity index (χ4v) is 4.58. The molecule has 1 aliphatic rings. The molecule has 5 N–H and O–H groups in total. The minimum absolute atomic E-state index is 0.0754. The van der Waals surface area contributed by atoms with Gasteiger partial charge < -0.3 is 26.0 Å². The summed E-state index contributed by atoms with van der Waals surface area (Å²) in [5.74, 6) is 1.30. The van der Waals surface area contributed by atoms with Crippen molar-refractivity contribution in [3.8, 4) is 5.75 Å². The number of anilines is 2. The van der Waals surface area contributed by atoms with E-state index in [4.69, 9.17) is 27.3 Å². The van der Waals surface area contributed by atoms with E-state index < -0.39 is 0 Å². The van der Waals surface area contributed by atoms with Crippen molar-refractivity contribution in [3.63, 3.8) is 0 Å². The van der Waals surface area contributed by atoms with Crippen LogP contribution in [0.4, 0.5) is 11.8 Å². The van der Waals surface area contributed by atoms with Crippen molar-refractivity contribution >= 4 is 34.5 Å². The van der Waals surface area contributed by atoms with Gasteiger partial charge in [-0.05, 0) is 44.6 Å². The predicted octanol–water partition coefficient (Wildman–Crippen LogP) is 4.84. The molecule has 0 amide bonds. The number of aromatic nitrogens is 4. The molecule has 2 aromatic heterocycles. The summed E-state index contributed by atoms with van der Waals surface area (Å²) in [7, 11) is 0. The van der Waals surface area contributed by atoms with Crippen molar-refractivity contribution < 1.29 is 5.11 Å². The van der Waals surface area contributed by atoms with Crippen LogP contribution in [0.3, 0.4) is 0 Å². The lowest BCUT2D eigenvalue weighted by Crippen LogP contribution is -2.33. The van der Waals surface area contributed by atoms with Gasteiger partial charge in [-0.25, -0.2) is 4.98 Å². The number of phenols is 1. The van der Waals surface area contributed by atoms with Crippen molar-refractivity contribution in [3.05, 3.63) is 35.1 Å². The van der Waals surface area contributed by atoms with E-state index in [1.165, 1.54) is 0 Å². The van der Waals surface area contributed by atoms with Crippen LogP contribution in [0, 0.1) is 0 Å². The van der Waals surface area contributed by atoms with E-state index in [0.717, 1.165) is 49.7 Å². The number of imidazole rings is 1. The zero-order valence-electron chi connectivity index (χ0n) is 18.7. The number of aromatic hydroxyl groups is 1. The smallest absolute Gasteiger partial charge is 0.227 e. The Balaban J connectivity index is 1.66. The van der Waals surface area contributed by atoms with Gasteiger partial charge in [-0.15, -0.1) is 0 Å². The third-order valence-corrected chi connectivity index (χ3v) is 6.68. The molecule has 2 heterocycles. The fourth-order valence-electron chi connectivity index (χ4n) is 4.38. The third-order valence-electron chi connectivity index (χ3n) is 6.38. The monoisotopic (exact) mass is 457 g/mol. The Labute approximate surface area is 193 Å². The number of halogens is 1. The van der Waals surface area contributed by atoms with E-state index in [9.17, 15) is 5.11 Å². The van der Waals surface area contributed by atoms with Crippen LogP contribution in [-0.2, 0) is 6.54 Å². The number of fused-ring (bicyclic) bond motifs is 1. The third kappa shape index (κ3) is 4.76. The highest BCUT2D eigenvalue weighted by molar-refractivity contribution is 6.32. The second kappa shape index (κ2) is 9.92. The number of rotatable bonds is 8. The van der Waals surface area contributed by atoms with Crippen LogP contribution in [0.25, 0.3) is 11.2 Å². The average Bonchev–Trinajstić information content (AvgIpc) is 3.21. The lowest BCUT2D eigenvalue weighted by Gasteiger charge is -2.27. The summed E-state index contributed by atoms with van der Waals surface area (Å²) in [5.41, 5.74) is 8.28. The maximum absolute atomic E-state index is 10.3. The van der Waals surface area contributed by atoms with Crippen molar-refractivity contribution in [2.24, 2.45) is 5.73 Å². The second-order valence-electron chi connectivity index (χ2n) is 8.55. The number of hydrogen-bond acceptors (Lipinski definition) is 7. The van der Waals surface area contributed by atoms with Crippen molar-refractivity contribution in [1.82, 2.24) is 19.5 Å². The normalized spacial score (nSPS) is 18.9. The molecule has 9 heteroatoms. The summed E-state index contributed by atoms with van der Waals surface area (Å²) in [6.07, 6.45) is 7.86. The molecule has 0 unspecified atom stereocenters. The minimum Gasteiger partial charge on any atom is -0.506 e. The number of nitrogens with two attached hydrogens (primary N) is 1. The van der Waals surface area contributed by atoms with Gasteiger partial charge in [0.1, 0.15) is 5.75 Å². The molecule has 172 valence electrons. The standard InChI is InChI=1S/C23H32ClN7O/c1-3-17(4-2)31-13-27-19-21(26-12-14-6-5-7-18(24)20(14)32)29-23(30-22(19)31)28-16-10-8-15(25)9-11-16/h5-7,13,15-17,32H,3-4,8-12,25H2,1-2H3,(H2,26,28,29,30). The topological polar surface area (TPSA) is 114 Å². The SMILES string of the molecule is CCC(CC)n1cnc2c(NCc3cccc(Cl)c3O)nc(NC3CCC(N)CC3)nc21. The Bertz CT molecular complexity index is 1060. The Hall–Kier alpha value is -2.58. The first-order chi connectivity index (χ1) is 15.5. The van der Waals surface area contributed by atoms with E-state index >= 15 is 0 Å². The molecule has 3 aromatic rings. The zero-order chi connectivity index (χ0) is 22.7. The van der Waals surface area contributed by atoms with Crippen LogP contribution >= 0.6 is 11.6 Å². The molecule has 0 spiro atoms. The summed E-state index contributed by atoms with van der Waals surface area (Å²) in [4.78, 5) is 14.2. The molecule has 0 saturated heterocycles. The summed E-state index contributed by atoms with van der Waals surface area (Å²) >= 11 is 6.07. The first-order valence-corrected chi connectivity index (χ1v) is 11.8. The summed E-state index contributed by atoms with van der Waals surface area (Å²) < 4.78 is 2.14. The lowest BCUT2D eigenvalue weighted by atomic mass is 9.92. The predicted molar refractivity (Wildman–Crippen MR) is 129 cm³/mol. The van der Waals surface area contributed by atoms with Gasteiger partial charge in [0.25, 0.3) is 0 Å². The minimum atomic E-state index is 0.0754. The highest BCUT2D eigenvalue weighted by Crippen LogP contribution is 2.30. The molecular weight excluding hydrogens is 426 g/mol. The van der Waals surface area contributed by atoms with Gasteiger partial charge in [0.2, 0.25) is 5.95 Å². The van der Waals surface area contributed by atoms with Gasteiger partial charge >= 0.3 is 0 Å². The first-order valence-electron chi connectivity index (χ1n) is 11.5. The Morgan fingerprint density at radius 1 is 1.19 bits per heavy atom. The molecule has 1 fully saturated rings.